The van der Waals surface area contributed by atoms with E-state index in [2.05, 4.69) is 21.6 Å². The van der Waals surface area contributed by atoms with Gasteiger partial charge < -0.3 is 24.8 Å². The fourth-order valence-corrected chi connectivity index (χ4v) is 8.60. The number of aromatic nitrogens is 1. The third-order valence-corrected chi connectivity index (χ3v) is 12.5. The summed E-state index contributed by atoms with van der Waals surface area (Å²) in [6.07, 6.45) is 6.74. The zero-order valence-electron chi connectivity index (χ0n) is 31.5. The lowest BCUT2D eigenvalue weighted by atomic mass is 9.98. The first kappa shape index (κ1) is 39.7. The number of amides is 4. The van der Waals surface area contributed by atoms with Gasteiger partial charge in [0.15, 0.2) is 5.78 Å². The summed E-state index contributed by atoms with van der Waals surface area (Å²) in [6.45, 7) is 8.51. The number of benzene rings is 1. The normalized spacial score (nSPS) is 24.2. The molecule has 15 nitrogen and oxygen atoms in total. The molecular weight excluding hydrogens is 731 g/mol. The Kier molecular flexibility index (Phi) is 11.0. The van der Waals surface area contributed by atoms with Gasteiger partial charge in [0.1, 0.15) is 29.5 Å². The SMILES string of the molecule is C=C[C@@H]1C[C@]1(NC(=O)[C@@H]1C[C@@H](Oc2nccc3cc(OC)ccc23)CN1C(=O)[C@H](CCC(=O)/C=C/C1CC1)N(C(=O)O)C(C)(C)C)C(=O)NS(=O)(=O)C1CC1. The van der Waals surface area contributed by atoms with Crippen molar-refractivity contribution in [3.63, 3.8) is 0 Å². The van der Waals surface area contributed by atoms with Crippen molar-refractivity contribution in [2.45, 2.75) is 107 Å². The minimum Gasteiger partial charge on any atom is -0.497 e. The number of hydrogen-bond donors (Lipinski definition) is 3. The van der Waals surface area contributed by atoms with Crippen molar-refractivity contribution in [3.05, 3.63) is 55.3 Å². The van der Waals surface area contributed by atoms with Gasteiger partial charge in [-0.05, 0) is 101 Å². The maximum atomic E-state index is 14.8. The molecule has 3 aliphatic carbocycles. The van der Waals surface area contributed by atoms with E-state index in [9.17, 15) is 37.5 Å². The quantitative estimate of drug-likeness (QED) is 0.166. The number of methoxy groups -OCH3 is 1. The van der Waals surface area contributed by atoms with Crippen LogP contribution in [-0.2, 0) is 29.2 Å². The number of fused-ring (bicyclic) bond motifs is 1. The average molecular weight is 780 g/mol. The Morgan fingerprint density at radius 3 is 2.47 bits per heavy atom. The second-order valence-corrected chi connectivity index (χ2v) is 17.9. The molecule has 1 aromatic heterocycles. The molecule has 16 heteroatoms. The van der Waals surface area contributed by atoms with Crippen LogP contribution in [0.4, 0.5) is 4.79 Å². The highest BCUT2D eigenvalue weighted by molar-refractivity contribution is 7.91. The van der Waals surface area contributed by atoms with Crippen molar-refractivity contribution in [1.29, 1.82) is 0 Å². The van der Waals surface area contributed by atoms with Crippen LogP contribution in [0, 0.1) is 11.8 Å². The first-order chi connectivity index (χ1) is 26.0. The number of nitrogens with zero attached hydrogens (tertiary/aromatic N) is 3. The second kappa shape index (κ2) is 15.3. The molecular formula is C39H49N5O10S. The number of ether oxygens (including phenoxy) is 2. The largest absolute Gasteiger partial charge is 0.497 e. The van der Waals surface area contributed by atoms with Crippen LogP contribution in [0.25, 0.3) is 10.8 Å². The Morgan fingerprint density at radius 2 is 1.87 bits per heavy atom. The van der Waals surface area contributed by atoms with Crippen molar-refractivity contribution in [1.82, 2.24) is 24.8 Å². The van der Waals surface area contributed by atoms with Crippen molar-refractivity contribution in [3.8, 4) is 11.6 Å². The number of carboxylic acid groups (broad SMARTS) is 1. The molecule has 0 spiro atoms. The molecule has 4 fully saturated rings. The number of rotatable bonds is 16. The Morgan fingerprint density at radius 1 is 1.15 bits per heavy atom. The summed E-state index contributed by atoms with van der Waals surface area (Å²) in [5, 5.41) is 13.9. The zero-order chi connectivity index (χ0) is 39.9. The standard InChI is InChI=1S/C39H49N5O10S/c1-6-25-21-39(25,36(48)42-55(51,52)29-13-14-29)41-33(46)32-20-28(54-34-30-15-12-27(53-5)19-24(30)17-18-40-34)22-43(32)35(47)31(44(37(49)50)38(2,3)4)16-11-26(45)10-9-23-7-8-23/h6,9-10,12,15,17-19,23,25,28-29,31-32H,1,7-8,11,13-14,16,20-22H2,2-5H3,(H,41,46)(H,42,48)(H,49,50)/b10-9+/t25-,28-,31+,32+,39-/m1/s1. The molecule has 6 rings (SSSR count). The van der Waals surface area contributed by atoms with Gasteiger partial charge in [-0.3, -0.25) is 28.8 Å². The van der Waals surface area contributed by atoms with E-state index in [1.54, 1.807) is 52.3 Å². The number of sulfonamides is 1. The smallest absolute Gasteiger partial charge is 0.408 e. The molecule has 3 N–H and O–H groups in total. The molecule has 4 amide bonds. The highest BCUT2D eigenvalue weighted by Crippen LogP contribution is 2.45. The molecule has 0 unspecified atom stereocenters. The number of nitrogens with one attached hydrogen (secondary N) is 2. The van der Waals surface area contributed by atoms with Crippen LogP contribution in [0.2, 0.25) is 0 Å². The van der Waals surface area contributed by atoms with Crippen LogP contribution < -0.4 is 19.5 Å². The van der Waals surface area contributed by atoms with E-state index in [0.717, 1.165) is 23.1 Å². The minimum atomic E-state index is -3.95. The summed E-state index contributed by atoms with van der Waals surface area (Å²) < 4.78 is 39.3. The van der Waals surface area contributed by atoms with E-state index >= 15 is 0 Å². The van der Waals surface area contributed by atoms with Gasteiger partial charge in [0.05, 0.1) is 18.9 Å². The van der Waals surface area contributed by atoms with E-state index in [4.69, 9.17) is 9.47 Å². The molecule has 2 heterocycles. The minimum absolute atomic E-state index is 0.0685. The number of allylic oxidation sites excluding steroid dienone is 2. The van der Waals surface area contributed by atoms with E-state index in [-0.39, 0.29) is 43.9 Å². The number of carbonyl (C=O) groups excluding carboxylic acids is 4. The molecule has 0 bridgehead atoms. The molecule has 2 aromatic rings. The lowest BCUT2D eigenvalue weighted by Crippen LogP contribution is -2.61. The molecule has 55 heavy (non-hydrogen) atoms. The van der Waals surface area contributed by atoms with Gasteiger partial charge in [-0.25, -0.2) is 18.2 Å². The molecule has 0 radical (unpaired) electrons. The summed E-state index contributed by atoms with van der Waals surface area (Å²) in [6, 6.07) is 4.48. The third-order valence-electron chi connectivity index (χ3n) is 10.7. The van der Waals surface area contributed by atoms with Gasteiger partial charge >= 0.3 is 6.09 Å². The number of hydrogen-bond acceptors (Lipinski definition) is 10. The molecule has 3 saturated carbocycles. The number of pyridine rings is 1. The van der Waals surface area contributed by atoms with Crippen LogP contribution in [0.15, 0.2) is 55.3 Å². The molecule has 1 aliphatic heterocycles. The number of ketones is 1. The van der Waals surface area contributed by atoms with Gasteiger partial charge in [-0.2, -0.15) is 0 Å². The monoisotopic (exact) mass is 779 g/mol. The highest BCUT2D eigenvalue weighted by atomic mass is 32.2. The maximum Gasteiger partial charge on any atom is 0.408 e. The Hall–Kier alpha value is -4.99. The Labute approximate surface area is 320 Å². The maximum absolute atomic E-state index is 14.8. The fourth-order valence-electron chi connectivity index (χ4n) is 7.24. The van der Waals surface area contributed by atoms with Crippen LogP contribution in [0.5, 0.6) is 11.6 Å². The van der Waals surface area contributed by atoms with Gasteiger partial charge in [-0.15, -0.1) is 6.58 Å². The van der Waals surface area contributed by atoms with Crippen molar-refractivity contribution >= 4 is 50.4 Å². The highest BCUT2D eigenvalue weighted by Gasteiger charge is 2.62. The number of likely N-dealkylation sites (tertiary alicyclic amines) is 1. The van der Waals surface area contributed by atoms with Gasteiger partial charge in [0.25, 0.3) is 5.91 Å². The summed E-state index contributed by atoms with van der Waals surface area (Å²) in [7, 11) is -2.40. The predicted octanol–water partition coefficient (Wildman–Crippen LogP) is 3.72. The van der Waals surface area contributed by atoms with E-state index in [0.29, 0.717) is 29.9 Å². The second-order valence-electron chi connectivity index (χ2n) is 15.9. The van der Waals surface area contributed by atoms with Gasteiger partial charge in [0, 0.05) is 35.9 Å². The lowest BCUT2D eigenvalue weighted by Gasteiger charge is -2.41. The first-order valence-corrected chi connectivity index (χ1v) is 20.2. The molecule has 5 atom stereocenters. The first-order valence-electron chi connectivity index (χ1n) is 18.6. The van der Waals surface area contributed by atoms with Crippen molar-refractivity contribution < 1.29 is 47.0 Å². The van der Waals surface area contributed by atoms with Crippen LogP contribution in [-0.4, -0.2) is 106 Å². The topological polar surface area (TPSA) is 202 Å². The van der Waals surface area contributed by atoms with Crippen molar-refractivity contribution in [2.75, 3.05) is 13.7 Å². The van der Waals surface area contributed by atoms with Crippen molar-refractivity contribution in [2.24, 2.45) is 11.8 Å². The zero-order valence-corrected chi connectivity index (χ0v) is 32.3. The summed E-state index contributed by atoms with van der Waals surface area (Å²) in [5.74, 6) is -1.99. The van der Waals surface area contributed by atoms with E-state index < -0.39 is 74.3 Å². The Bertz CT molecular complexity index is 2020. The van der Waals surface area contributed by atoms with E-state index in [1.807, 2.05) is 12.1 Å². The molecule has 296 valence electrons. The van der Waals surface area contributed by atoms with Gasteiger partial charge in [0.2, 0.25) is 27.7 Å². The third kappa shape index (κ3) is 8.79. The predicted molar refractivity (Wildman–Crippen MR) is 202 cm³/mol. The Balaban J connectivity index is 1.31. The molecule has 1 saturated heterocycles. The number of carbonyl (C=O) groups is 5. The summed E-state index contributed by atoms with van der Waals surface area (Å²) >= 11 is 0. The van der Waals surface area contributed by atoms with Crippen LogP contribution in [0.1, 0.15) is 72.1 Å². The van der Waals surface area contributed by atoms with Gasteiger partial charge in [-0.1, -0.05) is 12.2 Å². The summed E-state index contributed by atoms with van der Waals surface area (Å²) in [5.41, 5.74) is -2.70. The van der Waals surface area contributed by atoms with Crippen LogP contribution in [0.3, 0.4) is 0 Å². The average Bonchev–Trinajstić information content (AvgIpc) is 4.02. The summed E-state index contributed by atoms with van der Waals surface area (Å²) in [4.78, 5) is 75.1. The fraction of sp³-hybridized carbons (Fsp3) is 0.538. The lowest BCUT2D eigenvalue weighted by molar-refractivity contribution is -0.144. The molecule has 1 aromatic carbocycles. The van der Waals surface area contributed by atoms with Crippen LogP contribution >= 0.6 is 0 Å². The molecule has 4 aliphatic rings. The van der Waals surface area contributed by atoms with E-state index in [1.165, 1.54) is 17.1 Å².